The molecule has 1 atom stereocenters. The molecule has 1 saturated heterocycles. The number of aliphatic carboxylic acids is 1. The SMILES string of the molecule is CN(C)CCNC(=O)C1Cn2ccnc2C2(CCN(S(=O)(=O)C3CC3)CC2)O1.O=C(O)C(F)(F)F. The normalized spacial score (nSPS) is 22.3. The maximum Gasteiger partial charge on any atom is 0.490 e. The lowest BCUT2D eigenvalue weighted by Crippen LogP contribution is -2.55. The number of hydrogen-bond acceptors (Lipinski definition) is 7. The van der Waals surface area contributed by atoms with Crippen LogP contribution in [-0.2, 0) is 36.5 Å². The lowest BCUT2D eigenvalue weighted by molar-refractivity contribution is -0.192. The number of alkyl halides is 3. The van der Waals surface area contributed by atoms with Crippen LogP contribution in [0.4, 0.5) is 13.2 Å². The fraction of sp³-hybridized carbons (Fsp3) is 0.750. The van der Waals surface area contributed by atoms with Crippen molar-refractivity contribution in [2.75, 3.05) is 40.3 Å². The molecular formula is C20H30F3N5O6S. The van der Waals surface area contributed by atoms with Gasteiger partial charge in [0.15, 0.2) is 6.10 Å². The third-order valence-electron chi connectivity index (χ3n) is 6.08. The van der Waals surface area contributed by atoms with E-state index in [-0.39, 0.29) is 11.2 Å². The summed E-state index contributed by atoms with van der Waals surface area (Å²) in [6.45, 7) is 2.55. The molecule has 2 fully saturated rings. The summed E-state index contributed by atoms with van der Waals surface area (Å²) in [6.07, 6.45) is 0.456. The summed E-state index contributed by atoms with van der Waals surface area (Å²) in [5.74, 6) is -2.09. The number of carbonyl (C=O) groups is 2. The lowest BCUT2D eigenvalue weighted by Gasteiger charge is -2.45. The molecule has 1 aromatic heterocycles. The van der Waals surface area contributed by atoms with Crippen molar-refractivity contribution >= 4 is 21.9 Å². The van der Waals surface area contributed by atoms with E-state index in [1.807, 2.05) is 29.8 Å². The first kappa shape index (κ1) is 27.4. The maximum absolute atomic E-state index is 12.7. The topological polar surface area (TPSA) is 134 Å². The number of likely N-dealkylation sites (N-methyl/N-ethyl adjacent to an activating group) is 1. The molecule has 1 aliphatic carbocycles. The quantitative estimate of drug-likeness (QED) is 0.545. The van der Waals surface area contributed by atoms with Crippen molar-refractivity contribution in [2.45, 2.75) is 55.4 Å². The lowest BCUT2D eigenvalue weighted by atomic mass is 9.89. The summed E-state index contributed by atoms with van der Waals surface area (Å²) in [6, 6.07) is 0. The van der Waals surface area contributed by atoms with Crippen molar-refractivity contribution in [1.29, 1.82) is 0 Å². The van der Waals surface area contributed by atoms with E-state index in [0.717, 1.165) is 25.2 Å². The largest absolute Gasteiger partial charge is 0.490 e. The monoisotopic (exact) mass is 525 g/mol. The van der Waals surface area contributed by atoms with Gasteiger partial charge in [-0.1, -0.05) is 0 Å². The van der Waals surface area contributed by atoms with Crippen LogP contribution in [0.1, 0.15) is 31.5 Å². The Morgan fingerprint density at radius 2 is 1.89 bits per heavy atom. The van der Waals surface area contributed by atoms with Gasteiger partial charge in [-0.15, -0.1) is 0 Å². The number of hydrogen-bond donors (Lipinski definition) is 2. The fourth-order valence-electron chi connectivity index (χ4n) is 4.07. The van der Waals surface area contributed by atoms with E-state index < -0.39 is 33.9 Å². The third-order valence-corrected chi connectivity index (χ3v) is 8.48. The van der Waals surface area contributed by atoms with Crippen molar-refractivity contribution in [3.05, 3.63) is 18.2 Å². The van der Waals surface area contributed by atoms with Crippen LogP contribution < -0.4 is 5.32 Å². The molecule has 1 amide bonds. The Balaban J connectivity index is 0.000000429. The molecule has 1 unspecified atom stereocenters. The molecule has 3 aliphatic rings. The molecular weight excluding hydrogens is 495 g/mol. The van der Waals surface area contributed by atoms with Gasteiger partial charge in [-0.3, -0.25) is 4.79 Å². The molecule has 0 aromatic carbocycles. The van der Waals surface area contributed by atoms with Gasteiger partial charge in [0.1, 0.15) is 11.4 Å². The Labute approximate surface area is 201 Å². The van der Waals surface area contributed by atoms with Crippen LogP contribution in [0.3, 0.4) is 0 Å². The number of ether oxygens (including phenoxy) is 1. The Kier molecular flexibility index (Phi) is 8.13. The maximum atomic E-state index is 12.7. The molecule has 2 aliphatic heterocycles. The minimum Gasteiger partial charge on any atom is -0.475 e. The van der Waals surface area contributed by atoms with Gasteiger partial charge in [0.05, 0.1) is 11.8 Å². The Hall–Kier alpha value is -2.23. The highest BCUT2D eigenvalue weighted by atomic mass is 32.2. The van der Waals surface area contributed by atoms with Gasteiger partial charge in [0.25, 0.3) is 5.91 Å². The number of nitrogens with one attached hydrogen (secondary N) is 1. The van der Waals surface area contributed by atoms with Crippen LogP contribution in [0.25, 0.3) is 0 Å². The molecule has 11 nitrogen and oxygen atoms in total. The predicted molar refractivity (Wildman–Crippen MR) is 117 cm³/mol. The zero-order valence-electron chi connectivity index (χ0n) is 19.5. The highest BCUT2D eigenvalue weighted by molar-refractivity contribution is 7.90. The Morgan fingerprint density at radius 1 is 1.29 bits per heavy atom. The summed E-state index contributed by atoms with van der Waals surface area (Å²) in [4.78, 5) is 28.0. The summed E-state index contributed by atoms with van der Waals surface area (Å²) >= 11 is 0. The van der Waals surface area contributed by atoms with Crippen LogP contribution in [0.2, 0.25) is 0 Å². The molecule has 35 heavy (non-hydrogen) atoms. The van der Waals surface area contributed by atoms with E-state index in [9.17, 15) is 26.4 Å². The van der Waals surface area contributed by atoms with Crippen molar-refractivity contribution in [1.82, 2.24) is 24.1 Å². The molecule has 0 radical (unpaired) electrons. The molecule has 2 N–H and O–H groups in total. The number of amides is 1. The average molecular weight is 526 g/mol. The number of rotatable bonds is 6. The fourth-order valence-corrected chi connectivity index (χ4v) is 5.91. The van der Waals surface area contributed by atoms with Gasteiger partial charge >= 0.3 is 12.1 Å². The van der Waals surface area contributed by atoms with Crippen molar-refractivity contribution in [3.8, 4) is 0 Å². The minimum absolute atomic E-state index is 0.131. The first-order chi connectivity index (χ1) is 16.3. The number of halogens is 3. The summed E-state index contributed by atoms with van der Waals surface area (Å²) in [5.41, 5.74) is -0.707. The Bertz CT molecular complexity index is 1020. The average Bonchev–Trinajstić information content (AvgIpc) is 3.52. The molecule has 0 bridgehead atoms. The highest BCUT2D eigenvalue weighted by Gasteiger charge is 2.50. The molecule has 198 valence electrons. The summed E-state index contributed by atoms with van der Waals surface area (Å²) in [7, 11) is 0.724. The van der Waals surface area contributed by atoms with Crippen LogP contribution in [0.15, 0.2) is 12.4 Å². The molecule has 1 saturated carbocycles. The van der Waals surface area contributed by atoms with Gasteiger partial charge in [-0.05, 0) is 39.8 Å². The number of nitrogens with zero attached hydrogens (tertiary/aromatic N) is 4. The number of fused-ring (bicyclic) bond motifs is 2. The standard InChI is InChI=1S/C18H29N5O4S.C2HF3O2/c1-21(2)11-7-19-16(24)15-13-22-12-8-20-17(22)18(27-15)5-9-23(10-6-18)28(25,26)14-3-4-14;3-2(4,5)1(6)7/h8,12,14-15H,3-7,9-11,13H2,1-2H3,(H,19,24);(H,6,7). The van der Waals surface area contributed by atoms with Crippen molar-refractivity contribution in [3.63, 3.8) is 0 Å². The third kappa shape index (κ3) is 6.51. The van der Waals surface area contributed by atoms with Gasteiger partial charge < -0.3 is 24.6 Å². The molecule has 3 heterocycles. The molecule has 1 spiro atoms. The van der Waals surface area contributed by atoms with Gasteiger partial charge in [-0.2, -0.15) is 13.2 Å². The van der Waals surface area contributed by atoms with E-state index in [1.165, 1.54) is 0 Å². The molecule has 4 rings (SSSR count). The second kappa shape index (κ2) is 10.4. The number of carbonyl (C=O) groups excluding carboxylic acids is 1. The smallest absolute Gasteiger partial charge is 0.475 e. The van der Waals surface area contributed by atoms with Crippen LogP contribution in [0.5, 0.6) is 0 Å². The van der Waals surface area contributed by atoms with E-state index in [4.69, 9.17) is 14.6 Å². The van der Waals surface area contributed by atoms with Gasteiger partial charge in [0.2, 0.25) is 10.0 Å². The summed E-state index contributed by atoms with van der Waals surface area (Å²) < 4.78 is 66.7. The van der Waals surface area contributed by atoms with Crippen LogP contribution in [0, 0.1) is 0 Å². The second-order valence-corrected chi connectivity index (χ2v) is 11.3. The van der Waals surface area contributed by atoms with Crippen LogP contribution in [-0.4, -0.2) is 102 Å². The van der Waals surface area contributed by atoms with Crippen molar-refractivity contribution < 1.29 is 41.0 Å². The van der Waals surface area contributed by atoms with Gasteiger partial charge in [-0.25, -0.2) is 22.5 Å². The first-order valence-corrected chi connectivity index (χ1v) is 12.7. The highest BCUT2D eigenvalue weighted by Crippen LogP contribution is 2.42. The van der Waals surface area contributed by atoms with E-state index in [0.29, 0.717) is 39.0 Å². The van der Waals surface area contributed by atoms with E-state index >= 15 is 0 Å². The zero-order chi connectivity index (χ0) is 26.0. The van der Waals surface area contributed by atoms with E-state index in [1.54, 1.807) is 10.5 Å². The summed E-state index contributed by atoms with van der Waals surface area (Å²) in [5, 5.41) is 9.86. The van der Waals surface area contributed by atoms with Gasteiger partial charge in [0, 0.05) is 38.6 Å². The number of aromatic nitrogens is 2. The number of sulfonamides is 1. The molecule has 1 aromatic rings. The van der Waals surface area contributed by atoms with Crippen molar-refractivity contribution in [2.24, 2.45) is 0 Å². The number of imidazole rings is 1. The molecule has 15 heteroatoms. The number of piperidine rings is 1. The Morgan fingerprint density at radius 3 is 2.40 bits per heavy atom. The van der Waals surface area contributed by atoms with E-state index in [2.05, 4.69) is 10.3 Å². The zero-order valence-corrected chi connectivity index (χ0v) is 20.3. The second-order valence-electron chi connectivity index (χ2n) is 9.04. The number of carboxylic acids is 1. The predicted octanol–water partition coefficient (Wildman–Crippen LogP) is 0.376. The minimum atomic E-state index is -5.08. The number of carboxylic acid groups (broad SMARTS) is 1. The first-order valence-electron chi connectivity index (χ1n) is 11.2. The van der Waals surface area contributed by atoms with Crippen LogP contribution >= 0.6 is 0 Å².